The van der Waals surface area contributed by atoms with Gasteiger partial charge in [0.2, 0.25) is 5.95 Å². The topological polar surface area (TPSA) is 41.1 Å². The average Bonchev–Trinajstić information content (AvgIpc) is 2.48. The Morgan fingerprint density at radius 1 is 1.14 bits per heavy atom. The molecule has 0 aliphatic rings. The van der Waals surface area contributed by atoms with Crippen LogP contribution in [0.15, 0.2) is 24.3 Å². The molecule has 0 saturated heterocycles. The van der Waals surface area contributed by atoms with E-state index in [2.05, 4.69) is 27.1 Å². The summed E-state index contributed by atoms with van der Waals surface area (Å²) in [6, 6.07) is 5.50. The minimum atomic E-state index is -0.905. The number of benzene rings is 1. The number of hydrogen-bond acceptors (Lipinski definition) is 4. The van der Waals surface area contributed by atoms with Crippen molar-refractivity contribution in [2.24, 2.45) is 0 Å². The zero-order chi connectivity index (χ0) is 16.1. The van der Waals surface area contributed by atoms with Crippen LogP contribution in [0.5, 0.6) is 0 Å². The molecule has 0 spiro atoms. The fraction of sp³-hybridized carbons (Fsp3) is 0.375. The maximum absolute atomic E-state index is 13.2. The summed E-state index contributed by atoms with van der Waals surface area (Å²) in [5.41, 5.74) is 1.21. The Hall–Kier alpha value is -2.24. The van der Waals surface area contributed by atoms with E-state index in [1.54, 1.807) is 0 Å². The molecule has 2 aromatic rings. The first-order chi connectivity index (χ1) is 10.5. The molecule has 0 amide bonds. The van der Waals surface area contributed by atoms with Crippen LogP contribution in [0.2, 0.25) is 0 Å². The SMILES string of the molecule is CCCCN(C)c1cc(C)nc(Nc2ccc(F)c(F)c2)n1. The summed E-state index contributed by atoms with van der Waals surface area (Å²) >= 11 is 0. The third kappa shape index (κ3) is 4.13. The van der Waals surface area contributed by atoms with Gasteiger partial charge in [0.25, 0.3) is 0 Å². The van der Waals surface area contributed by atoms with E-state index in [-0.39, 0.29) is 0 Å². The quantitative estimate of drug-likeness (QED) is 0.874. The first kappa shape index (κ1) is 16.1. The molecule has 1 aromatic carbocycles. The van der Waals surface area contributed by atoms with Crippen LogP contribution >= 0.6 is 0 Å². The van der Waals surface area contributed by atoms with Crippen molar-refractivity contribution in [1.82, 2.24) is 9.97 Å². The highest BCUT2D eigenvalue weighted by atomic mass is 19.2. The van der Waals surface area contributed by atoms with Gasteiger partial charge in [-0.1, -0.05) is 13.3 Å². The highest BCUT2D eigenvalue weighted by molar-refractivity contribution is 5.55. The predicted octanol–water partition coefficient (Wildman–Crippen LogP) is 4.04. The first-order valence-electron chi connectivity index (χ1n) is 7.28. The van der Waals surface area contributed by atoms with Gasteiger partial charge >= 0.3 is 0 Å². The Morgan fingerprint density at radius 2 is 1.91 bits per heavy atom. The number of rotatable bonds is 6. The second kappa shape index (κ2) is 7.15. The van der Waals surface area contributed by atoms with Gasteiger partial charge in [-0.05, 0) is 25.5 Å². The van der Waals surface area contributed by atoms with Crippen LogP contribution in [0.25, 0.3) is 0 Å². The van der Waals surface area contributed by atoms with E-state index in [0.717, 1.165) is 43.0 Å². The van der Waals surface area contributed by atoms with Crippen molar-refractivity contribution in [3.05, 3.63) is 41.6 Å². The summed E-state index contributed by atoms with van der Waals surface area (Å²) in [5, 5.41) is 2.91. The number of aromatic nitrogens is 2. The van der Waals surface area contributed by atoms with Crippen molar-refractivity contribution in [2.75, 3.05) is 23.8 Å². The number of halogens is 2. The Bertz CT molecular complexity index is 646. The summed E-state index contributed by atoms with van der Waals surface area (Å²) in [7, 11) is 1.97. The zero-order valence-electron chi connectivity index (χ0n) is 13.0. The van der Waals surface area contributed by atoms with Crippen molar-refractivity contribution >= 4 is 17.5 Å². The molecule has 0 saturated carbocycles. The molecule has 1 heterocycles. The van der Waals surface area contributed by atoms with E-state index in [1.165, 1.54) is 6.07 Å². The summed E-state index contributed by atoms with van der Waals surface area (Å²) in [5.74, 6) is -0.621. The monoisotopic (exact) mass is 306 g/mol. The lowest BCUT2D eigenvalue weighted by molar-refractivity contribution is 0.509. The Morgan fingerprint density at radius 3 is 2.59 bits per heavy atom. The highest BCUT2D eigenvalue weighted by Crippen LogP contribution is 2.19. The smallest absolute Gasteiger partial charge is 0.229 e. The number of anilines is 3. The third-order valence-electron chi connectivity index (χ3n) is 3.25. The van der Waals surface area contributed by atoms with Crippen LogP contribution in [-0.4, -0.2) is 23.6 Å². The van der Waals surface area contributed by atoms with Gasteiger partial charge in [0, 0.05) is 37.1 Å². The van der Waals surface area contributed by atoms with Crippen molar-refractivity contribution in [1.29, 1.82) is 0 Å². The molecule has 0 radical (unpaired) electrons. The maximum atomic E-state index is 13.2. The molecule has 0 aliphatic carbocycles. The molecule has 22 heavy (non-hydrogen) atoms. The molecule has 2 rings (SSSR count). The number of aryl methyl sites for hydroxylation is 1. The van der Waals surface area contributed by atoms with E-state index < -0.39 is 11.6 Å². The van der Waals surface area contributed by atoms with Gasteiger partial charge in [0.1, 0.15) is 5.82 Å². The molecule has 118 valence electrons. The average molecular weight is 306 g/mol. The van der Waals surface area contributed by atoms with Crippen LogP contribution in [0.3, 0.4) is 0 Å². The molecular formula is C16H20F2N4. The van der Waals surface area contributed by atoms with Gasteiger partial charge in [-0.2, -0.15) is 4.98 Å². The Balaban J connectivity index is 2.20. The molecule has 0 atom stereocenters. The molecule has 1 N–H and O–H groups in total. The fourth-order valence-corrected chi connectivity index (χ4v) is 2.02. The van der Waals surface area contributed by atoms with E-state index in [9.17, 15) is 8.78 Å². The molecule has 6 heteroatoms. The van der Waals surface area contributed by atoms with E-state index in [0.29, 0.717) is 11.6 Å². The van der Waals surface area contributed by atoms with Crippen molar-refractivity contribution in [2.45, 2.75) is 26.7 Å². The van der Waals surface area contributed by atoms with Gasteiger partial charge in [-0.25, -0.2) is 13.8 Å². The number of nitrogens with zero attached hydrogens (tertiary/aromatic N) is 3. The van der Waals surface area contributed by atoms with Gasteiger partial charge in [0.05, 0.1) is 0 Å². The Labute approximate surface area is 129 Å². The van der Waals surface area contributed by atoms with Crippen LogP contribution in [0, 0.1) is 18.6 Å². The molecule has 1 aromatic heterocycles. The lowest BCUT2D eigenvalue weighted by atomic mass is 10.3. The lowest BCUT2D eigenvalue weighted by Crippen LogP contribution is -2.20. The highest BCUT2D eigenvalue weighted by Gasteiger charge is 2.08. The summed E-state index contributed by atoms with van der Waals surface area (Å²) in [6.07, 6.45) is 2.18. The fourth-order valence-electron chi connectivity index (χ4n) is 2.02. The molecular weight excluding hydrogens is 286 g/mol. The second-order valence-electron chi connectivity index (χ2n) is 5.22. The summed E-state index contributed by atoms with van der Waals surface area (Å²) in [6.45, 7) is 4.90. The molecule has 0 bridgehead atoms. The van der Waals surface area contributed by atoms with Gasteiger partial charge in [-0.3, -0.25) is 0 Å². The number of unbranched alkanes of at least 4 members (excludes halogenated alkanes) is 1. The van der Waals surface area contributed by atoms with E-state index in [1.807, 2.05) is 20.0 Å². The van der Waals surface area contributed by atoms with Crippen LogP contribution in [0.1, 0.15) is 25.5 Å². The van der Waals surface area contributed by atoms with E-state index >= 15 is 0 Å². The Kier molecular flexibility index (Phi) is 5.25. The predicted molar refractivity (Wildman–Crippen MR) is 84.6 cm³/mol. The second-order valence-corrected chi connectivity index (χ2v) is 5.22. The molecule has 0 fully saturated rings. The minimum absolute atomic E-state index is 0.365. The maximum Gasteiger partial charge on any atom is 0.229 e. The third-order valence-corrected chi connectivity index (χ3v) is 3.25. The summed E-state index contributed by atoms with van der Waals surface area (Å²) < 4.78 is 26.2. The van der Waals surface area contributed by atoms with Crippen LogP contribution in [0.4, 0.5) is 26.2 Å². The minimum Gasteiger partial charge on any atom is -0.360 e. The number of nitrogens with one attached hydrogen (secondary N) is 1. The van der Waals surface area contributed by atoms with E-state index in [4.69, 9.17) is 0 Å². The van der Waals surface area contributed by atoms with Crippen LogP contribution < -0.4 is 10.2 Å². The van der Waals surface area contributed by atoms with Gasteiger partial charge in [0.15, 0.2) is 11.6 Å². The molecule has 4 nitrogen and oxygen atoms in total. The first-order valence-corrected chi connectivity index (χ1v) is 7.28. The number of hydrogen-bond donors (Lipinski definition) is 1. The van der Waals surface area contributed by atoms with Crippen molar-refractivity contribution < 1.29 is 8.78 Å². The largest absolute Gasteiger partial charge is 0.360 e. The molecule has 0 aliphatic heterocycles. The standard InChI is InChI=1S/C16H20F2N4/c1-4-5-8-22(3)15-9-11(2)19-16(21-15)20-12-6-7-13(17)14(18)10-12/h6-7,9-10H,4-5,8H2,1-3H3,(H,19,20,21). The van der Waals surface area contributed by atoms with Gasteiger partial charge in [-0.15, -0.1) is 0 Å². The zero-order valence-corrected chi connectivity index (χ0v) is 13.0. The molecule has 0 unspecified atom stereocenters. The van der Waals surface area contributed by atoms with Gasteiger partial charge < -0.3 is 10.2 Å². The lowest BCUT2D eigenvalue weighted by Gasteiger charge is -2.19. The normalized spacial score (nSPS) is 10.6. The summed E-state index contributed by atoms with van der Waals surface area (Å²) in [4.78, 5) is 10.8. The van der Waals surface area contributed by atoms with Crippen molar-refractivity contribution in [3.63, 3.8) is 0 Å². The van der Waals surface area contributed by atoms with Crippen LogP contribution in [-0.2, 0) is 0 Å². The van der Waals surface area contributed by atoms with Crippen molar-refractivity contribution in [3.8, 4) is 0 Å².